The van der Waals surface area contributed by atoms with Gasteiger partial charge in [-0.2, -0.15) is 0 Å². The van der Waals surface area contributed by atoms with Gasteiger partial charge in [-0.05, 0) is 19.1 Å². The maximum absolute atomic E-state index is 5.04. The quantitative estimate of drug-likeness (QED) is 0.656. The molecule has 0 radical (unpaired) electrons. The molecule has 3 rings (SSSR count). The summed E-state index contributed by atoms with van der Waals surface area (Å²) >= 11 is 0. The first-order valence-electron chi connectivity index (χ1n) is 5.14. The van der Waals surface area contributed by atoms with Gasteiger partial charge >= 0.3 is 0 Å². The third kappa shape index (κ3) is 1.39. The molecular formula is C12H11N3O. The minimum absolute atomic E-state index is 0.746. The molecule has 0 N–H and O–H groups in total. The van der Waals surface area contributed by atoms with Crippen molar-refractivity contribution in [2.75, 3.05) is 0 Å². The Kier molecular flexibility index (Phi) is 1.99. The second-order valence-corrected chi connectivity index (χ2v) is 3.77. The van der Waals surface area contributed by atoms with Crippen LogP contribution in [0, 0.1) is 6.92 Å². The minimum atomic E-state index is 0.746. The highest BCUT2D eigenvalue weighted by molar-refractivity contribution is 5.75. The largest absolute Gasteiger partial charge is 0.361 e. The summed E-state index contributed by atoms with van der Waals surface area (Å²) in [5.41, 5.74) is 3.22. The molecule has 1 aromatic carbocycles. The van der Waals surface area contributed by atoms with E-state index in [2.05, 4.69) is 20.8 Å². The van der Waals surface area contributed by atoms with Gasteiger partial charge in [-0.1, -0.05) is 17.3 Å². The third-order valence-electron chi connectivity index (χ3n) is 2.72. The van der Waals surface area contributed by atoms with E-state index < -0.39 is 0 Å². The summed E-state index contributed by atoms with van der Waals surface area (Å²) in [6, 6.07) is 8.07. The molecule has 0 atom stereocenters. The molecule has 2 heterocycles. The number of imidazole rings is 1. The van der Waals surface area contributed by atoms with Crippen LogP contribution >= 0.6 is 0 Å². The van der Waals surface area contributed by atoms with Crippen LogP contribution in [0.2, 0.25) is 0 Å². The average molecular weight is 213 g/mol. The van der Waals surface area contributed by atoms with Crippen molar-refractivity contribution in [3.63, 3.8) is 0 Å². The second-order valence-electron chi connectivity index (χ2n) is 3.77. The minimum Gasteiger partial charge on any atom is -0.361 e. The summed E-state index contributed by atoms with van der Waals surface area (Å²) in [6.45, 7) is 2.66. The Morgan fingerprint density at radius 2 is 2.19 bits per heavy atom. The lowest BCUT2D eigenvalue weighted by molar-refractivity contribution is 0.396. The zero-order chi connectivity index (χ0) is 11.0. The van der Waals surface area contributed by atoms with E-state index in [1.54, 1.807) is 6.20 Å². The molecule has 4 heteroatoms. The summed E-state index contributed by atoms with van der Waals surface area (Å²) < 4.78 is 7.13. The Balaban J connectivity index is 2.04. The lowest BCUT2D eigenvalue weighted by atomic mass is 10.2. The van der Waals surface area contributed by atoms with Gasteiger partial charge in [0.1, 0.15) is 5.76 Å². The lowest BCUT2D eigenvalue weighted by Gasteiger charge is -2.01. The Bertz CT molecular complexity index is 624. The molecule has 0 aliphatic rings. The van der Waals surface area contributed by atoms with Crippen LogP contribution in [-0.4, -0.2) is 14.7 Å². The number of aryl methyl sites for hydroxylation is 1. The number of para-hydroxylation sites is 2. The highest BCUT2D eigenvalue weighted by atomic mass is 16.5. The van der Waals surface area contributed by atoms with Crippen LogP contribution in [0.4, 0.5) is 0 Å². The van der Waals surface area contributed by atoms with Crippen molar-refractivity contribution >= 4 is 11.0 Å². The second kappa shape index (κ2) is 3.48. The van der Waals surface area contributed by atoms with Crippen molar-refractivity contribution in [2.45, 2.75) is 13.5 Å². The smallest absolute Gasteiger partial charge is 0.138 e. The molecule has 0 amide bonds. The van der Waals surface area contributed by atoms with E-state index in [9.17, 15) is 0 Å². The third-order valence-corrected chi connectivity index (χ3v) is 2.72. The summed E-state index contributed by atoms with van der Waals surface area (Å²) in [4.78, 5) is 4.34. The molecule has 0 saturated carbocycles. The maximum atomic E-state index is 5.04. The summed E-state index contributed by atoms with van der Waals surface area (Å²) in [6.07, 6.45) is 3.60. The molecule has 2 aromatic heterocycles. The zero-order valence-corrected chi connectivity index (χ0v) is 8.92. The molecule has 0 saturated heterocycles. The molecule has 80 valence electrons. The van der Waals surface area contributed by atoms with Crippen LogP contribution < -0.4 is 0 Å². The van der Waals surface area contributed by atoms with E-state index in [0.29, 0.717) is 0 Å². The van der Waals surface area contributed by atoms with Gasteiger partial charge in [-0.3, -0.25) is 0 Å². The zero-order valence-electron chi connectivity index (χ0n) is 8.92. The number of hydrogen-bond donors (Lipinski definition) is 0. The van der Waals surface area contributed by atoms with Gasteiger partial charge in [-0.25, -0.2) is 4.98 Å². The van der Waals surface area contributed by atoms with E-state index in [4.69, 9.17) is 4.52 Å². The molecule has 16 heavy (non-hydrogen) atoms. The van der Waals surface area contributed by atoms with Crippen LogP contribution in [-0.2, 0) is 6.54 Å². The number of rotatable bonds is 2. The van der Waals surface area contributed by atoms with Crippen LogP contribution in [0.3, 0.4) is 0 Å². The number of nitrogens with zero attached hydrogens (tertiary/aromatic N) is 3. The van der Waals surface area contributed by atoms with Gasteiger partial charge in [0, 0.05) is 5.56 Å². The summed E-state index contributed by atoms with van der Waals surface area (Å²) in [5.74, 6) is 0.859. The fourth-order valence-electron chi connectivity index (χ4n) is 1.79. The highest BCUT2D eigenvalue weighted by Crippen LogP contribution is 2.15. The van der Waals surface area contributed by atoms with Crippen molar-refractivity contribution in [1.29, 1.82) is 0 Å². The highest BCUT2D eigenvalue weighted by Gasteiger charge is 2.06. The normalized spacial score (nSPS) is 11.1. The predicted molar refractivity (Wildman–Crippen MR) is 60.1 cm³/mol. The fraction of sp³-hybridized carbons (Fsp3) is 0.167. The van der Waals surface area contributed by atoms with Crippen LogP contribution in [0.1, 0.15) is 11.3 Å². The Labute approximate surface area is 92.5 Å². The fourth-order valence-corrected chi connectivity index (χ4v) is 1.79. The molecule has 0 aliphatic carbocycles. The van der Waals surface area contributed by atoms with E-state index in [1.807, 2.05) is 31.5 Å². The number of benzene rings is 1. The molecule has 4 nitrogen and oxygen atoms in total. The molecule has 0 aliphatic heterocycles. The van der Waals surface area contributed by atoms with Gasteiger partial charge in [-0.15, -0.1) is 0 Å². The molecular weight excluding hydrogens is 202 g/mol. The molecule has 0 unspecified atom stereocenters. The number of fused-ring (bicyclic) bond motifs is 1. The molecule has 0 bridgehead atoms. The van der Waals surface area contributed by atoms with Crippen molar-refractivity contribution in [3.05, 3.63) is 48.1 Å². The average Bonchev–Trinajstić information content (AvgIpc) is 2.88. The SMILES string of the molecule is Cc1oncc1Cn1cnc2ccccc21. The summed E-state index contributed by atoms with van der Waals surface area (Å²) in [7, 11) is 0. The first-order valence-corrected chi connectivity index (χ1v) is 5.14. The summed E-state index contributed by atoms with van der Waals surface area (Å²) in [5, 5.41) is 3.77. The van der Waals surface area contributed by atoms with Gasteiger partial charge in [0.15, 0.2) is 0 Å². The van der Waals surface area contributed by atoms with E-state index in [-0.39, 0.29) is 0 Å². The Hall–Kier alpha value is -2.10. The number of aromatic nitrogens is 3. The first-order chi connectivity index (χ1) is 7.84. The molecule has 0 fully saturated rings. The van der Waals surface area contributed by atoms with Gasteiger partial charge < -0.3 is 9.09 Å². The van der Waals surface area contributed by atoms with E-state index >= 15 is 0 Å². The van der Waals surface area contributed by atoms with Crippen LogP contribution in [0.5, 0.6) is 0 Å². The molecule has 0 spiro atoms. The topological polar surface area (TPSA) is 43.9 Å². The van der Waals surface area contributed by atoms with E-state index in [1.165, 1.54) is 0 Å². The molecule has 3 aromatic rings. The standard InChI is InChI=1S/C12H11N3O/c1-9-10(6-14-16-9)7-15-8-13-11-4-2-3-5-12(11)15/h2-6,8H,7H2,1H3. The first kappa shape index (κ1) is 9.15. The van der Waals surface area contributed by atoms with Crippen molar-refractivity contribution in [2.24, 2.45) is 0 Å². The van der Waals surface area contributed by atoms with Gasteiger partial charge in [0.2, 0.25) is 0 Å². The maximum Gasteiger partial charge on any atom is 0.138 e. The lowest BCUT2D eigenvalue weighted by Crippen LogP contribution is -1.97. The van der Waals surface area contributed by atoms with Crippen LogP contribution in [0.25, 0.3) is 11.0 Å². The monoisotopic (exact) mass is 213 g/mol. The van der Waals surface area contributed by atoms with Gasteiger partial charge in [0.25, 0.3) is 0 Å². The van der Waals surface area contributed by atoms with Crippen molar-refractivity contribution < 1.29 is 4.52 Å². The Morgan fingerprint density at radius 1 is 1.31 bits per heavy atom. The van der Waals surface area contributed by atoms with Crippen molar-refractivity contribution in [1.82, 2.24) is 14.7 Å². The van der Waals surface area contributed by atoms with Crippen molar-refractivity contribution in [3.8, 4) is 0 Å². The van der Waals surface area contributed by atoms with E-state index in [0.717, 1.165) is 28.9 Å². The van der Waals surface area contributed by atoms with Crippen LogP contribution in [0.15, 0.2) is 41.3 Å². The van der Waals surface area contributed by atoms with Gasteiger partial charge in [0.05, 0.1) is 30.1 Å². The number of hydrogen-bond acceptors (Lipinski definition) is 3. The predicted octanol–water partition coefficient (Wildman–Crippen LogP) is 2.38. The Morgan fingerprint density at radius 3 is 3.00 bits per heavy atom.